The molecular formula is C14H12IN3O. The number of hydrogen-bond donors (Lipinski definition) is 2. The van der Waals surface area contributed by atoms with E-state index >= 15 is 0 Å². The number of aromatic nitrogens is 1. The van der Waals surface area contributed by atoms with Crippen LogP contribution in [0, 0.1) is 3.57 Å². The Morgan fingerprint density at radius 3 is 2.84 bits per heavy atom. The smallest absolute Gasteiger partial charge is 0.243 e. The highest BCUT2D eigenvalue weighted by atomic mass is 127. The lowest BCUT2D eigenvalue weighted by molar-refractivity contribution is -0.114. The second kappa shape index (κ2) is 5.16. The molecular weight excluding hydrogens is 353 g/mol. The monoisotopic (exact) mass is 365 g/mol. The van der Waals surface area contributed by atoms with E-state index in [1.54, 1.807) is 0 Å². The van der Waals surface area contributed by atoms with Crippen molar-refractivity contribution in [1.29, 1.82) is 0 Å². The van der Waals surface area contributed by atoms with Crippen molar-refractivity contribution in [2.24, 2.45) is 0 Å². The summed E-state index contributed by atoms with van der Waals surface area (Å²) in [5.41, 5.74) is 3.14. The SMILES string of the molecule is O=C1CNc2ncc(I)c(Cc3ccccc3)c2N1. The van der Waals surface area contributed by atoms with Gasteiger partial charge < -0.3 is 10.6 Å². The van der Waals surface area contributed by atoms with Gasteiger partial charge in [0.05, 0.1) is 12.2 Å². The molecule has 1 aromatic carbocycles. The average molecular weight is 365 g/mol. The molecule has 1 aromatic heterocycles. The standard InChI is InChI=1S/C14H12IN3O/c15-11-7-16-14-13(18-12(19)8-17-14)10(11)6-9-4-2-1-3-5-9/h1-5,7H,6,8H2,(H,16,17)(H,18,19). The Morgan fingerprint density at radius 2 is 2.05 bits per heavy atom. The van der Waals surface area contributed by atoms with Crippen molar-refractivity contribution in [2.45, 2.75) is 6.42 Å². The van der Waals surface area contributed by atoms with Crippen LogP contribution in [-0.4, -0.2) is 17.4 Å². The zero-order valence-electron chi connectivity index (χ0n) is 10.1. The maximum Gasteiger partial charge on any atom is 0.243 e. The van der Waals surface area contributed by atoms with Crippen LogP contribution < -0.4 is 10.6 Å². The van der Waals surface area contributed by atoms with Crippen LogP contribution in [0.15, 0.2) is 36.5 Å². The van der Waals surface area contributed by atoms with E-state index in [0.29, 0.717) is 0 Å². The Morgan fingerprint density at radius 1 is 1.26 bits per heavy atom. The quantitative estimate of drug-likeness (QED) is 0.805. The summed E-state index contributed by atoms with van der Waals surface area (Å²) >= 11 is 2.26. The zero-order valence-corrected chi connectivity index (χ0v) is 12.3. The molecule has 3 rings (SSSR count). The molecule has 4 nitrogen and oxygen atoms in total. The molecule has 0 fully saturated rings. The minimum Gasteiger partial charge on any atom is -0.359 e. The lowest BCUT2D eigenvalue weighted by Crippen LogP contribution is -2.29. The maximum atomic E-state index is 11.5. The topological polar surface area (TPSA) is 54.0 Å². The number of hydrogen-bond acceptors (Lipinski definition) is 3. The van der Waals surface area contributed by atoms with E-state index in [-0.39, 0.29) is 12.5 Å². The summed E-state index contributed by atoms with van der Waals surface area (Å²) in [4.78, 5) is 15.9. The van der Waals surface area contributed by atoms with E-state index in [1.807, 2.05) is 24.4 Å². The van der Waals surface area contributed by atoms with Gasteiger partial charge in [0.2, 0.25) is 5.91 Å². The van der Waals surface area contributed by atoms with Crippen LogP contribution in [-0.2, 0) is 11.2 Å². The van der Waals surface area contributed by atoms with Gasteiger partial charge >= 0.3 is 0 Å². The summed E-state index contributed by atoms with van der Waals surface area (Å²) in [5.74, 6) is 0.733. The first kappa shape index (κ1) is 12.4. The van der Waals surface area contributed by atoms with Crippen LogP contribution in [0.1, 0.15) is 11.1 Å². The van der Waals surface area contributed by atoms with Crippen molar-refractivity contribution >= 4 is 40.0 Å². The molecule has 0 radical (unpaired) electrons. The molecule has 1 aliphatic rings. The maximum absolute atomic E-state index is 11.5. The largest absolute Gasteiger partial charge is 0.359 e. The first-order chi connectivity index (χ1) is 9.24. The van der Waals surface area contributed by atoms with Gasteiger partial charge in [0.15, 0.2) is 5.82 Å². The van der Waals surface area contributed by atoms with Crippen molar-refractivity contribution in [3.05, 3.63) is 51.2 Å². The highest BCUT2D eigenvalue weighted by Crippen LogP contribution is 2.31. The summed E-state index contributed by atoms with van der Waals surface area (Å²) in [6.07, 6.45) is 2.62. The summed E-state index contributed by atoms with van der Waals surface area (Å²) in [7, 11) is 0. The molecule has 0 bridgehead atoms. The molecule has 0 saturated carbocycles. The third-order valence-corrected chi connectivity index (χ3v) is 3.97. The number of benzene rings is 1. The van der Waals surface area contributed by atoms with Gasteiger partial charge in [-0.05, 0) is 33.7 Å². The molecule has 19 heavy (non-hydrogen) atoms. The fourth-order valence-electron chi connectivity index (χ4n) is 2.12. The van der Waals surface area contributed by atoms with Gasteiger partial charge in [0.25, 0.3) is 0 Å². The van der Waals surface area contributed by atoms with Crippen LogP contribution in [0.25, 0.3) is 0 Å². The van der Waals surface area contributed by atoms with Gasteiger partial charge in [-0.1, -0.05) is 30.3 Å². The fraction of sp³-hybridized carbons (Fsp3) is 0.143. The second-order valence-corrected chi connectivity index (χ2v) is 5.53. The highest BCUT2D eigenvalue weighted by Gasteiger charge is 2.20. The van der Waals surface area contributed by atoms with E-state index in [4.69, 9.17) is 0 Å². The Hall–Kier alpha value is -1.63. The molecule has 5 heteroatoms. The molecule has 96 valence electrons. The molecule has 1 aliphatic heterocycles. The lowest BCUT2D eigenvalue weighted by Gasteiger charge is -2.21. The number of halogens is 1. The molecule has 2 heterocycles. The first-order valence-corrected chi connectivity index (χ1v) is 7.07. The lowest BCUT2D eigenvalue weighted by atomic mass is 10.0. The third kappa shape index (κ3) is 2.56. The molecule has 1 amide bonds. The third-order valence-electron chi connectivity index (χ3n) is 3.04. The molecule has 0 aliphatic carbocycles. The number of fused-ring (bicyclic) bond motifs is 1. The van der Waals surface area contributed by atoms with Crippen LogP contribution in [0.4, 0.5) is 11.5 Å². The van der Waals surface area contributed by atoms with Gasteiger partial charge in [-0.15, -0.1) is 0 Å². The van der Waals surface area contributed by atoms with Crippen LogP contribution >= 0.6 is 22.6 Å². The van der Waals surface area contributed by atoms with E-state index in [1.165, 1.54) is 5.56 Å². The fourth-order valence-corrected chi connectivity index (χ4v) is 2.71. The Balaban J connectivity index is 2.03. The van der Waals surface area contributed by atoms with E-state index in [2.05, 4.69) is 50.3 Å². The van der Waals surface area contributed by atoms with Gasteiger partial charge in [-0.2, -0.15) is 0 Å². The molecule has 2 aromatic rings. The van der Waals surface area contributed by atoms with Crippen molar-refractivity contribution in [3.63, 3.8) is 0 Å². The predicted molar refractivity (Wildman–Crippen MR) is 83.3 cm³/mol. The van der Waals surface area contributed by atoms with Crippen LogP contribution in [0.3, 0.4) is 0 Å². The van der Waals surface area contributed by atoms with Gasteiger partial charge in [0, 0.05) is 16.2 Å². The number of amides is 1. The number of rotatable bonds is 2. The van der Waals surface area contributed by atoms with Crippen LogP contribution in [0.2, 0.25) is 0 Å². The summed E-state index contributed by atoms with van der Waals surface area (Å²) in [5, 5.41) is 5.96. The number of nitrogens with one attached hydrogen (secondary N) is 2. The van der Waals surface area contributed by atoms with E-state index in [0.717, 1.165) is 27.1 Å². The number of nitrogens with zero attached hydrogens (tertiary/aromatic N) is 1. The molecule has 0 unspecified atom stereocenters. The van der Waals surface area contributed by atoms with Gasteiger partial charge in [-0.25, -0.2) is 4.98 Å². The summed E-state index contributed by atoms with van der Waals surface area (Å²) in [6, 6.07) is 10.2. The number of carbonyl (C=O) groups is 1. The van der Waals surface area contributed by atoms with Crippen molar-refractivity contribution < 1.29 is 4.79 Å². The first-order valence-electron chi connectivity index (χ1n) is 5.99. The van der Waals surface area contributed by atoms with Crippen molar-refractivity contribution in [1.82, 2.24) is 4.98 Å². The van der Waals surface area contributed by atoms with E-state index < -0.39 is 0 Å². The molecule has 0 saturated heterocycles. The van der Waals surface area contributed by atoms with Crippen LogP contribution in [0.5, 0.6) is 0 Å². The molecule has 0 atom stereocenters. The summed E-state index contributed by atoms with van der Waals surface area (Å²) < 4.78 is 1.06. The Bertz CT molecular complexity index is 628. The number of anilines is 2. The minimum absolute atomic E-state index is 0.0226. The number of carbonyl (C=O) groups excluding carboxylic acids is 1. The average Bonchev–Trinajstić information content (AvgIpc) is 2.43. The number of pyridine rings is 1. The summed E-state index contributed by atoms with van der Waals surface area (Å²) in [6.45, 7) is 0.283. The van der Waals surface area contributed by atoms with Crippen molar-refractivity contribution in [2.75, 3.05) is 17.2 Å². The normalized spacial score (nSPS) is 13.4. The minimum atomic E-state index is -0.0226. The zero-order chi connectivity index (χ0) is 13.2. The Kier molecular flexibility index (Phi) is 3.37. The van der Waals surface area contributed by atoms with Gasteiger partial charge in [-0.3, -0.25) is 4.79 Å². The molecule has 0 spiro atoms. The molecule has 2 N–H and O–H groups in total. The predicted octanol–water partition coefficient (Wildman–Crippen LogP) is 2.64. The highest BCUT2D eigenvalue weighted by molar-refractivity contribution is 14.1. The van der Waals surface area contributed by atoms with Crippen molar-refractivity contribution in [3.8, 4) is 0 Å². The second-order valence-electron chi connectivity index (χ2n) is 4.37. The Labute approximate surface area is 124 Å². The van der Waals surface area contributed by atoms with Gasteiger partial charge in [0.1, 0.15) is 0 Å². The van der Waals surface area contributed by atoms with E-state index in [9.17, 15) is 4.79 Å².